The van der Waals surface area contributed by atoms with Gasteiger partial charge in [0.05, 0.1) is 24.8 Å². The first-order valence-corrected chi connectivity index (χ1v) is 6.61. The van der Waals surface area contributed by atoms with Gasteiger partial charge in [-0.15, -0.1) is 0 Å². The zero-order valence-corrected chi connectivity index (χ0v) is 10.9. The molecule has 1 heterocycles. The summed E-state index contributed by atoms with van der Waals surface area (Å²) in [4.78, 5) is 10.7. The third-order valence-corrected chi connectivity index (χ3v) is 3.04. The van der Waals surface area contributed by atoms with E-state index in [-0.39, 0.29) is 18.4 Å². The first-order valence-electron chi connectivity index (χ1n) is 6.61. The molecule has 1 aromatic rings. The van der Waals surface area contributed by atoms with Crippen LogP contribution in [0.1, 0.15) is 19.3 Å². The van der Waals surface area contributed by atoms with Crippen LogP contribution < -0.4 is 15.8 Å². The van der Waals surface area contributed by atoms with Gasteiger partial charge in [0.2, 0.25) is 5.91 Å². The fourth-order valence-electron chi connectivity index (χ4n) is 2.03. The molecule has 0 bridgehead atoms. The molecular weight excluding hydrogens is 244 g/mol. The Hall–Kier alpha value is -1.75. The number of para-hydroxylation sites is 2. The molecule has 2 rings (SSSR count). The second-order valence-corrected chi connectivity index (χ2v) is 4.58. The average molecular weight is 264 g/mol. The molecule has 0 saturated carbocycles. The summed E-state index contributed by atoms with van der Waals surface area (Å²) in [5, 5.41) is 3.33. The van der Waals surface area contributed by atoms with Crippen LogP contribution in [-0.4, -0.2) is 31.8 Å². The fraction of sp³-hybridized carbons (Fsp3) is 0.500. The van der Waals surface area contributed by atoms with E-state index in [4.69, 9.17) is 15.2 Å². The van der Waals surface area contributed by atoms with Crippen molar-refractivity contribution in [2.45, 2.75) is 25.4 Å². The third-order valence-electron chi connectivity index (χ3n) is 3.04. The molecule has 1 atom stereocenters. The maximum atomic E-state index is 10.7. The molecule has 104 valence electrons. The van der Waals surface area contributed by atoms with Crippen LogP contribution >= 0.6 is 0 Å². The van der Waals surface area contributed by atoms with Crippen LogP contribution in [0.4, 0.5) is 5.69 Å². The monoisotopic (exact) mass is 264 g/mol. The number of carbonyl (C=O) groups is 1. The predicted octanol–water partition coefficient (Wildman–Crippen LogP) is 1.53. The summed E-state index contributed by atoms with van der Waals surface area (Å²) in [6, 6.07) is 7.67. The molecule has 1 aromatic carbocycles. The van der Waals surface area contributed by atoms with Crippen molar-refractivity contribution in [1.82, 2.24) is 0 Å². The molecular formula is C14H20N2O3. The molecule has 19 heavy (non-hydrogen) atoms. The van der Waals surface area contributed by atoms with Crippen LogP contribution in [0, 0.1) is 0 Å². The average Bonchev–Trinajstić information content (AvgIpc) is 2.90. The van der Waals surface area contributed by atoms with Crippen LogP contribution in [0.25, 0.3) is 0 Å². The van der Waals surface area contributed by atoms with Gasteiger partial charge in [-0.05, 0) is 25.0 Å². The van der Waals surface area contributed by atoms with E-state index in [0.717, 1.165) is 37.4 Å². The van der Waals surface area contributed by atoms with E-state index in [9.17, 15) is 4.79 Å². The normalized spacial score (nSPS) is 18.2. The van der Waals surface area contributed by atoms with Gasteiger partial charge in [-0.2, -0.15) is 0 Å². The number of carbonyl (C=O) groups excluding carboxylic acids is 1. The fourth-order valence-corrected chi connectivity index (χ4v) is 2.03. The zero-order chi connectivity index (χ0) is 13.5. The first-order chi connectivity index (χ1) is 9.25. The second-order valence-electron chi connectivity index (χ2n) is 4.58. The number of primary amides is 1. The number of amides is 1. The summed E-state index contributed by atoms with van der Waals surface area (Å²) >= 11 is 0. The second kappa shape index (κ2) is 6.99. The number of anilines is 1. The quantitative estimate of drug-likeness (QED) is 0.783. The molecule has 1 saturated heterocycles. The van der Waals surface area contributed by atoms with E-state index in [0.29, 0.717) is 6.61 Å². The predicted molar refractivity (Wildman–Crippen MR) is 73.2 cm³/mol. The Morgan fingerprint density at radius 1 is 1.47 bits per heavy atom. The summed E-state index contributed by atoms with van der Waals surface area (Å²) in [6.45, 7) is 1.92. The number of rotatable bonds is 7. The van der Waals surface area contributed by atoms with E-state index < -0.39 is 0 Å². The molecule has 0 aromatic heterocycles. The molecule has 3 N–H and O–H groups in total. The van der Waals surface area contributed by atoms with Gasteiger partial charge in [0.15, 0.2) is 0 Å². The number of benzene rings is 1. The van der Waals surface area contributed by atoms with Crippen molar-refractivity contribution in [2.75, 3.05) is 25.1 Å². The Morgan fingerprint density at radius 3 is 3.05 bits per heavy atom. The van der Waals surface area contributed by atoms with Gasteiger partial charge in [0.1, 0.15) is 5.75 Å². The standard InChI is InChI=1S/C14H20N2O3/c15-14(17)7-9-19-13-6-2-1-5-12(13)16-10-11-4-3-8-18-11/h1-2,5-6,11,16H,3-4,7-10H2,(H2,15,17). The Labute approximate surface area is 113 Å². The lowest BCUT2D eigenvalue weighted by molar-refractivity contribution is -0.118. The number of hydrogen-bond donors (Lipinski definition) is 2. The van der Waals surface area contributed by atoms with E-state index in [1.165, 1.54) is 0 Å². The summed E-state index contributed by atoms with van der Waals surface area (Å²) in [6.07, 6.45) is 2.72. The number of nitrogens with two attached hydrogens (primary N) is 1. The number of hydrogen-bond acceptors (Lipinski definition) is 4. The van der Waals surface area contributed by atoms with E-state index in [1.54, 1.807) is 0 Å². The van der Waals surface area contributed by atoms with Crippen molar-refractivity contribution in [3.05, 3.63) is 24.3 Å². The highest BCUT2D eigenvalue weighted by Gasteiger charge is 2.15. The van der Waals surface area contributed by atoms with Crippen LogP contribution in [-0.2, 0) is 9.53 Å². The smallest absolute Gasteiger partial charge is 0.220 e. The van der Waals surface area contributed by atoms with Gasteiger partial charge in [0, 0.05) is 13.2 Å². The van der Waals surface area contributed by atoms with Gasteiger partial charge in [0.25, 0.3) is 0 Å². The molecule has 1 fully saturated rings. The molecule has 0 aliphatic carbocycles. The van der Waals surface area contributed by atoms with E-state index in [2.05, 4.69) is 5.32 Å². The van der Waals surface area contributed by atoms with Gasteiger partial charge in [-0.1, -0.05) is 12.1 Å². The Balaban J connectivity index is 1.85. The topological polar surface area (TPSA) is 73.6 Å². The number of ether oxygens (including phenoxy) is 2. The van der Waals surface area contributed by atoms with Crippen molar-refractivity contribution in [1.29, 1.82) is 0 Å². The molecule has 1 aliphatic rings. The van der Waals surface area contributed by atoms with Gasteiger partial charge >= 0.3 is 0 Å². The zero-order valence-electron chi connectivity index (χ0n) is 10.9. The highest BCUT2D eigenvalue weighted by molar-refractivity contribution is 5.73. The molecule has 1 unspecified atom stereocenters. The molecule has 5 nitrogen and oxygen atoms in total. The maximum Gasteiger partial charge on any atom is 0.220 e. The van der Waals surface area contributed by atoms with Gasteiger partial charge < -0.3 is 20.5 Å². The summed E-state index contributed by atoms with van der Waals surface area (Å²) in [5.41, 5.74) is 6.00. The van der Waals surface area contributed by atoms with Crippen LogP contribution in [0.2, 0.25) is 0 Å². The van der Waals surface area contributed by atoms with Gasteiger partial charge in [-0.25, -0.2) is 0 Å². The third kappa shape index (κ3) is 4.44. The largest absolute Gasteiger partial charge is 0.491 e. The Morgan fingerprint density at radius 2 is 2.32 bits per heavy atom. The molecule has 0 radical (unpaired) electrons. The lowest BCUT2D eigenvalue weighted by Gasteiger charge is -2.15. The SMILES string of the molecule is NC(=O)CCOc1ccccc1NCC1CCCO1. The lowest BCUT2D eigenvalue weighted by Crippen LogP contribution is -2.19. The van der Waals surface area contributed by atoms with Crippen LogP contribution in [0.5, 0.6) is 5.75 Å². The number of nitrogens with one attached hydrogen (secondary N) is 1. The molecule has 1 aliphatic heterocycles. The van der Waals surface area contributed by atoms with Crippen molar-refractivity contribution < 1.29 is 14.3 Å². The first kappa shape index (κ1) is 13.7. The van der Waals surface area contributed by atoms with Crippen LogP contribution in [0.15, 0.2) is 24.3 Å². The highest BCUT2D eigenvalue weighted by atomic mass is 16.5. The Bertz CT molecular complexity index is 417. The lowest BCUT2D eigenvalue weighted by atomic mass is 10.2. The minimum atomic E-state index is -0.357. The van der Waals surface area contributed by atoms with E-state index >= 15 is 0 Å². The van der Waals surface area contributed by atoms with Crippen molar-refractivity contribution >= 4 is 11.6 Å². The summed E-state index contributed by atoms with van der Waals surface area (Å²) < 4.78 is 11.1. The highest BCUT2D eigenvalue weighted by Crippen LogP contribution is 2.24. The minimum absolute atomic E-state index is 0.222. The molecule has 5 heteroatoms. The Kier molecular flexibility index (Phi) is 5.03. The summed E-state index contributed by atoms with van der Waals surface area (Å²) in [5.74, 6) is 0.381. The van der Waals surface area contributed by atoms with Crippen molar-refractivity contribution in [3.8, 4) is 5.75 Å². The minimum Gasteiger partial charge on any atom is -0.491 e. The molecule has 1 amide bonds. The molecule has 0 spiro atoms. The summed E-state index contributed by atoms with van der Waals surface area (Å²) in [7, 11) is 0. The maximum absolute atomic E-state index is 10.7. The van der Waals surface area contributed by atoms with Gasteiger partial charge in [-0.3, -0.25) is 4.79 Å². The van der Waals surface area contributed by atoms with Crippen molar-refractivity contribution in [3.63, 3.8) is 0 Å². The van der Waals surface area contributed by atoms with E-state index in [1.807, 2.05) is 24.3 Å². The van der Waals surface area contributed by atoms with Crippen molar-refractivity contribution in [2.24, 2.45) is 5.73 Å². The van der Waals surface area contributed by atoms with Crippen LogP contribution in [0.3, 0.4) is 0 Å².